The Morgan fingerprint density at radius 2 is 2.00 bits per heavy atom. The average molecular weight is 299 g/mol. The Morgan fingerprint density at radius 1 is 1.23 bits per heavy atom. The first-order valence-electron chi connectivity index (χ1n) is 7.52. The lowest BCUT2D eigenvalue weighted by atomic mass is 10.1. The van der Waals surface area contributed by atoms with E-state index in [4.69, 9.17) is 9.47 Å². The molecule has 5 heteroatoms. The number of methoxy groups -OCH3 is 1. The fraction of sp³-hybridized carbons (Fsp3) is 0.412. The summed E-state index contributed by atoms with van der Waals surface area (Å²) in [5.74, 6) is 0.595. The van der Waals surface area contributed by atoms with Crippen LogP contribution in [0, 0.1) is 0 Å². The molecular weight excluding hydrogens is 278 g/mol. The Labute approximate surface area is 130 Å². The second-order valence-corrected chi connectivity index (χ2v) is 5.52. The lowest BCUT2D eigenvalue weighted by molar-refractivity contribution is -0.0639. The van der Waals surface area contributed by atoms with Crippen molar-refractivity contribution in [3.8, 4) is 5.88 Å². The number of benzene rings is 1. The van der Waals surface area contributed by atoms with Crippen molar-refractivity contribution < 1.29 is 9.47 Å². The number of ether oxygens (including phenoxy) is 2. The molecule has 5 nitrogen and oxygen atoms in total. The highest BCUT2D eigenvalue weighted by molar-refractivity contribution is 5.20. The summed E-state index contributed by atoms with van der Waals surface area (Å²) in [6.45, 7) is 4.43. The Balaban J connectivity index is 1.74. The fourth-order valence-corrected chi connectivity index (χ4v) is 2.72. The van der Waals surface area contributed by atoms with E-state index in [1.54, 1.807) is 19.5 Å². The third-order valence-corrected chi connectivity index (χ3v) is 4.02. The van der Waals surface area contributed by atoms with Gasteiger partial charge in [-0.05, 0) is 12.5 Å². The van der Waals surface area contributed by atoms with E-state index in [1.807, 2.05) is 18.2 Å². The van der Waals surface area contributed by atoms with Crippen molar-refractivity contribution in [2.75, 3.05) is 20.3 Å². The minimum absolute atomic E-state index is 0.0973. The van der Waals surface area contributed by atoms with E-state index in [1.165, 1.54) is 5.56 Å². The minimum Gasteiger partial charge on any atom is -0.480 e. The molecule has 1 aliphatic heterocycles. The zero-order valence-electron chi connectivity index (χ0n) is 13.0. The average Bonchev–Trinajstić information content (AvgIpc) is 2.58. The summed E-state index contributed by atoms with van der Waals surface area (Å²) < 4.78 is 11.3. The molecule has 1 aliphatic rings. The molecule has 2 atom stereocenters. The molecular formula is C17H21N3O2. The van der Waals surface area contributed by atoms with Crippen LogP contribution in [0.1, 0.15) is 24.3 Å². The molecule has 2 unspecified atom stereocenters. The molecule has 0 amide bonds. The highest BCUT2D eigenvalue weighted by Gasteiger charge is 2.28. The van der Waals surface area contributed by atoms with Gasteiger partial charge < -0.3 is 9.47 Å². The highest BCUT2D eigenvalue weighted by atomic mass is 16.5. The molecule has 0 spiro atoms. The maximum absolute atomic E-state index is 5.99. The van der Waals surface area contributed by atoms with E-state index in [0.717, 1.165) is 12.2 Å². The molecule has 1 saturated heterocycles. The molecule has 1 aromatic heterocycles. The van der Waals surface area contributed by atoms with E-state index < -0.39 is 0 Å². The second-order valence-electron chi connectivity index (χ2n) is 5.52. The number of hydrogen-bond acceptors (Lipinski definition) is 5. The van der Waals surface area contributed by atoms with Gasteiger partial charge in [0.1, 0.15) is 5.69 Å². The predicted octanol–water partition coefficient (Wildman–Crippen LogP) is 2.45. The first kappa shape index (κ1) is 14.9. The van der Waals surface area contributed by atoms with Gasteiger partial charge >= 0.3 is 0 Å². The Bertz CT molecular complexity index is 606. The smallest absolute Gasteiger partial charge is 0.236 e. The number of hydrogen-bond donors (Lipinski definition) is 0. The van der Waals surface area contributed by atoms with Gasteiger partial charge in [0.25, 0.3) is 0 Å². The van der Waals surface area contributed by atoms with E-state index >= 15 is 0 Å². The van der Waals surface area contributed by atoms with Gasteiger partial charge in [-0.2, -0.15) is 0 Å². The van der Waals surface area contributed by atoms with Crippen LogP contribution in [0.15, 0.2) is 42.7 Å². The molecule has 2 heterocycles. The molecule has 116 valence electrons. The van der Waals surface area contributed by atoms with Crippen molar-refractivity contribution in [3.63, 3.8) is 0 Å². The van der Waals surface area contributed by atoms with Crippen molar-refractivity contribution in [2.24, 2.45) is 0 Å². The van der Waals surface area contributed by atoms with Gasteiger partial charge in [-0.3, -0.25) is 9.88 Å². The third kappa shape index (κ3) is 3.26. The molecule has 3 rings (SSSR count). The standard InChI is InChI=1S/C17H21N3O2/c1-13-12-22-16(14-6-4-3-5-7-14)11-20(13)10-15-17(21-2)19-9-8-18-15/h3-9,13,16H,10-12H2,1-2H3. The van der Waals surface area contributed by atoms with Gasteiger partial charge in [0.15, 0.2) is 0 Å². The molecule has 1 aromatic carbocycles. The van der Waals surface area contributed by atoms with E-state index in [2.05, 4.69) is 33.9 Å². The molecule has 0 bridgehead atoms. The summed E-state index contributed by atoms with van der Waals surface area (Å²) in [4.78, 5) is 11.0. The lowest BCUT2D eigenvalue weighted by Gasteiger charge is -2.38. The van der Waals surface area contributed by atoms with E-state index in [-0.39, 0.29) is 6.10 Å². The van der Waals surface area contributed by atoms with Gasteiger partial charge in [-0.1, -0.05) is 30.3 Å². The summed E-state index contributed by atoms with van der Waals surface area (Å²) >= 11 is 0. The Hall–Kier alpha value is -1.98. The molecule has 0 N–H and O–H groups in total. The third-order valence-electron chi connectivity index (χ3n) is 4.02. The first-order valence-corrected chi connectivity index (χ1v) is 7.52. The van der Waals surface area contributed by atoms with Gasteiger partial charge in [0, 0.05) is 31.5 Å². The maximum Gasteiger partial charge on any atom is 0.236 e. The SMILES string of the molecule is COc1nccnc1CN1CC(c2ccccc2)OCC1C. The Morgan fingerprint density at radius 3 is 2.77 bits per heavy atom. The van der Waals surface area contributed by atoms with Crippen LogP contribution in [-0.4, -0.2) is 41.2 Å². The van der Waals surface area contributed by atoms with Crippen molar-refractivity contribution >= 4 is 0 Å². The summed E-state index contributed by atoms with van der Waals surface area (Å²) in [7, 11) is 1.63. The van der Waals surface area contributed by atoms with Crippen LogP contribution in [0.2, 0.25) is 0 Å². The number of morpholine rings is 1. The van der Waals surface area contributed by atoms with Crippen LogP contribution in [-0.2, 0) is 11.3 Å². The van der Waals surface area contributed by atoms with E-state index in [0.29, 0.717) is 25.1 Å². The van der Waals surface area contributed by atoms with Crippen molar-refractivity contribution in [1.29, 1.82) is 0 Å². The molecule has 22 heavy (non-hydrogen) atoms. The zero-order chi connectivity index (χ0) is 15.4. The Kier molecular flexibility index (Phi) is 4.65. The number of rotatable bonds is 4. The molecule has 1 fully saturated rings. The topological polar surface area (TPSA) is 47.5 Å². The normalized spacial score (nSPS) is 22.5. The minimum atomic E-state index is 0.0973. The van der Waals surface area contributed by atoms with Gasteiger partial charge in [0.2, 0.25) is 5.88 Å². The summed E-state index contributed by atoms with van der Waals surface area (Å²) in [6.07, 6.45) is 3.45. The van der Waals surface area contributed by atoms with E-state index in [9.17, 15) is 0 Å². The van der Waals surface area contributed by atoms with Crippen LogP contribution in [0.4, 0.5) is 0 Å². The molecule has 0 aliphatic carbocycles. The van der Waals surface area contributed by atoms with Crippen LogP contribution in [0.25, 0.3) is 0 Å². The summed E-state index contributed by atoms with van der Waals surface area (Å²) in [6, 6.07) is 10.7. The molecule has 0 radical (unpaired) electrons. The number of nitrogens with zero attached hydrogens (tertiary/aromatic N) is 3. The fourth-order valence-electron chi connectivity index (χ4n) is 2.72. The number of aromatic nitrogens is 2. The van der Waals surface area contributed by atoms with Crippen molar-refractivity contribution in [3.05, 3.63) is 54.0 Å². The van der Waals surface area contributed by atoms with Gasteiger partial charge in [-0.15, -0.1) is 0 Å². The lowest BCUT2D eigenvalue weighted by Crippen LogP contribution is -2.44. The highest BCUT2D eigenvalue weighted by Crippen LogP contribution is 2.26. The second kappa shape index (κ2) is 6.85. The molecule has 0 saturated carbocycles. The van der Waals surface area contributed by atoms with Crippen LogP contribution < -0.4 is 4.74 Å². The quantitative estimate of drug-likeness (QED) is 0.868. The van der Waals surface area contributed by atoms with Crippen molar-refractivity contribution in [2.45, 2.75) is 25.6 Å². The van der Waals surface area contributed by atoms with Crippen molar-refractivity contribution in [1.82, 2.24) is 14.9 Å². The van der Waals surface area contributed by atoms with Gasteiger partial charge in [0.05, 0.1) is 19.8 Å². The zero-order valence-corrected chi connectivity index (χ0v) is 13.0. The maximum atomic E-state index is 5.99. The van der Waals surface area contributed by atoms with Crippen LogP contribution in [0.5, 0.6) is 5.88 Å². The molecule has 2 aromatic rings. The monoisotopic (exact) mass is 299 g/mol. The summed E-state index contributed by atoms with van der Waals surface area (Å²) in [5.41, 5.74) is 2.08. The predicted molar refractivity (Wildman–Crippen MR) is 83.6 cm³/mol. The first-order chi connectivity index (χ1) is 10.8. The largest absolute Gasteiger partial charge is 0.480 e. The van der Waals surface area contributed by atoms with Gasteiger partial charge in [-0.25, -0.2) is 4.98 Å². The summed E-state index contributed by atoms with van der Waals surface area (Å²) in [5, 5.41) is 0. The van der Waals surface area contributed by atoms with Crippen LogP contribution in [0.3, 0.4) is 0 Å². The van der Waals surface area contributed by atoms with Crippen LogP contribution >= 0.6 is 0 Å².